The van der Waals surface area contributed by atoms with Gasteiger partial charge in [-0.2, -0.15) is 22.6 Å². The van der Waals surface area contributed by atoms with E-state index in [2.05, 4.69) is 10.4 Å². The van der Waals surface area contributed by atoms with Gasteiger partial charge in [-0.05, 0) is 24.6 Å². The third-order valence-corrected chi connectivity index (χ3v) is 8.31. The highest BCUT2D eigenvalue weighted by Gasteiger charge is 2.42. The number of sulfonamides is 1. The zero-order valence-electron chi connectivity index (χ0n) is 18.8. The van der Waals surface area contributed by atoms with E-state index in [-0.39, 0.29) is 23.5 Å². The number of hydrogen-bond donors (Lipinski definition) is 1. The Morgan fingerprint density at radius 3 is 2.40 bits per heavy atom. The van der Waals surface area contributed by atoms with Crippen LogP contribution in [0.5, 0.6) is 0 Å². The van der Waals surface area contributed by atoms with Crippen LogP contribution in [0.1, 0.15) is 33.1 Å². The number of hydrogen-bond acceptors (Lipinski definition) is 4. The number of rotatable bonds is 5. The van der Waals surface area contributed by atoms with E-state index in [4.69, 9.17) is 11.6 Å². The van der Waals surface area contributed by atoms with Crippen LogP contribution in [0.15, 0.2) is 59.6 Å². The van der Waals surface area contributed by atoms with Crippen molar-refractivity contribution in [1.29, 1.82) is 0 Å². The van der Waals surface area contributed by atoms with E-state index in [1.165, 1.54) is 21.3 Å². The molecule has 0 saturated carbocycles. The molecule has 2 aromatic carbocycles. The average Bonchev–Trinajstić information content (AvgIpc) is 3.37. The molecule has 3 aromatic rings. The van der Waals surface area contributed by atoms with Crippen molar-refractivity contribution in [1.82, 2.24) is 19.4 Å². The number of carbonyl (C=O) groups is 1. The molecular formula is C23H22ClF3N4O3S. The maximum absolute atomic E-state index is 13.4. The number of nitrogens with one attached hydrogen (secondary N) is 1. The summed E-state index contributed by atoms with van der Waals surface area (Å²) in [6.45, 7) is 1.59. The van der Waals surface area contributed by atoms with Gasteiger partial charge in [0.1, 0.15) is 4.90 Å². The van der Waals surface area contributed by atoms with Crippen LogP contribution in [-0.2, 0) is 23.2 Å². The second kappa shape index (κ2) is 9.29. The van der Waals surface area contributed by atoms with Gasteiger partial charge in [-0.15, -0.1) is 0 Å². The Morgan fingerprint density at radius 2 is 1.80 bits per heavy atom. The minimum Gasteiger partial charge on any atom is -0.347 e. The number of carbonyl (C=O) groups excluding carboxylic acids is 1. The molecule has 1 aliphatic heterocycles. The highest BCUT2D eigenvalue weighted by atomic mass is 35.5. The van der Waals surface area contributed by atoms with Crippen molar-refractivity contribution < 1.29 is 26.4 Å². The number of aromatic nitrogens is 2. The fourth-order valence-electron chi connectivity index (χ4n) is 4.29. The summed E-state index contributed by atoms with van der Waals surface area (Å²) in [7, 11) is -2.32. The maximum Gasteiger partial charge on any atom is 0.417 e. The number of alkyl halides is 3. The van der Waals surface area contributed by atoms with Gasteiger partial charge in [-0.25, -0.2) is 8.42 Å². The first-order chi connectivity index (χ1) is 16.4. The van der Waals surface area contributed by atoms with E-state index in [0.29, 0.717) is 5.69 Å². The lowest BCUT2D eigenvalue weighted by Crippen LogP contribution is -2.40. The molecule has 2 atom stereocenters. The summed E-state index contributed by atoms with van der Waals surface area (Å²) in [6, 6.07) is 11.4. The van der Waals surface area contributed by atoms with Crippen LogP contribution in [0.25, 0.3) is 0 Å². The quantitative estimate of drug-likeness (QED) is 0.545. The fourth-order valence-corrected chi connectivity index (χ4v) is 6.30. The smallest absolute Gasteiger partial charge is 0.347 e. The average molecular weight is 527 g/mol. The monoisotopic (exact) mass is 526 g/mol. The lowest BCUT2D eigenvalue weighted by atomic mass is 9.94. The van der Waals surface area contributed by atoms with Crippen LogP contribution < -0.4 is 5.32 Å². The van der Waals surface area contributed by atoms with Crippen LogP contribution in [0.2, 0.25) is 5.02 Å². The van der Waals surface area contributed by atoms with E-state index in [9.17, 15) is 26.4 Å². The van der Waals surface area contributed by atoms with Crippen molar-refractivity contribution in [3.63, 3.8) is 0 Å². The van der Waals surface area contributed by atoms with Crippen LogP contribution in [0.4, 0.5) is 13.2 Å². The van der Waals surface area contributed by atoms with E-state index in [1.54, 1.807) is 26.1 Å². The molecule has 1 saturated heterocycles. The molecule has 1 aliphatic rings. The van der Waals surface area contributed by atoms with Crippen LogP contribution >= 0.6 is 11.6 Å². The highest BCUT2D eigenvalue weighted by molar-refractivity contribution is 7.89. The zero-order chi connectivity index (χ0) is 25.5. The van der Waals surface area contributed by atoms with Gasteiger partial charge in [0.2, 0.25) is 10.0 Å². The van der Waals surface area contributed by atoms with Gasteiger partial charge in [0.05, 0.1) is 27.9 Å². The fraction of sp³-hybridized carbons (Fsp3) is 0.304. The van der Waals surface area contributed by atoms with E-state index < -0.39 is 44.7 Å². The predicted octanol–water partition coefficient (Wildman–Crippen LogP) is 3.99. The Bertz CT molecular complexity index is 1360. The molecule has 2 heterocycles. The molecule has 1 N–H and O–H groups in total. The normalized spacial score (nSPS) is 19.1. The van der Waals surface area contributed by atoms with Crippen molar-refractivity contribution in [2.75, 3.05) is 13.1 Å². The molecule has 0 radical (unpaired) electrons. The van der Waals surface area contributed by atoms with Crippen molar-refractivity contribution in [3.05, 3.63) is 82.1 Å². The first-order valence-corrected chi connectivity index (χ1v) is 12.4. The first kappa shape index (κ1) is 25.2. The summed E-state index contributed by atoms with van der Waals surface area (Å²) in [4.78, 5) is 13.1. The molecule has 1 fully saturated rings. The molecule has 7 nitrogen and oxygen atoms in total. The van der Waals surface area contributed by atoms with Gasteiger partial charge in [-0.1, -0.05) is 48.0 Å². The third kappa shape index (κ3) is 4.93. The molecule has 0 unspecified atom stereocenters. The minimum absolute atomic E-state index is 0.0553. The number of amides is 1. The molecular weight excluding hydrogens is 505 g/mol. The van der Waals surface area contributed by atoms with Crippen LogP contribution in [0, 0.1) is 6.92 Å². The number of aryl methyl sites for hydroxylation is 2. The van der Waals surface area contributed by atoms with Crippen LogP contribution in [-0.4, -0.2) is 47.5 Å². The minimum atomic E-state index is -4.72. The summed E-state index contributed by atoms with van der Waals surface area (Å²) in [5, 5.41) is 6.12. The molecule has 1 amide bonds. The summed E-state index contributed by atoms with van der Waals surface area (Å²) in [5.74, 6) is -1.25. The van der Waals surface area contributed by atoms with Gasteiger partial charge >= 0.3 is 6.18 Å². The summed E-state index contributed by atoms with van der Waals surface area (Å²) in [6.07, 6.45) is -3.31. The van der Waals surface area contributed by atoms with Gasteiger partial charge in [-0.3, -0.25) is 9.48 Å². The Labute approximate surface area is 205 Å². The number of benzene rings is 2. The maximum atomic E-state index is 13.4. The van der Waals surface area contributed by atoms with Gasteiger partial charge in [0, 0.05) is 32.3 Å². The first-order valence-electron chi connectivity index (χ1n) is 10.6. The largest absolute Gasteiger partial charge is 0.417 e. The van der Waals surface area contributed by atoms with Crippen molar-refractivity contribution in [3.8, 4) is 0 Å². The Hall–Kier alpha value is -2.89. The second-order valence-electron chi connectivity index (χ2n) is 8.34. The Balaban J connectivity index is 1.66. The standard InChI is InChI=1S/C23H22ClF3N4O3S/c1-14-20(13-30(2)29-14)35(33,34)31-11-17(15-7-4-3-5-8-15)19(12-31)28-22(32)16-9-6-10-18(21(16)24)23(25,26)27/h3-10,13,17,19H,11-12H2,1-2H3,(H,28,32)/t17-,19+/m1/s1. The second-order valence-corrected chi connectivity index (χ2v) is 10.6. The SMILES string of the molecule is Cc1nn(C)cc1S(=O)(=O)N1C[C@H](NC(=O)c2cccc(C(F)(F)F)c2Cl)[C@@H](c2ccccc2)C1. The van der Waals surface area contributed by atoms with Gasteiger partial charge in [0.15, 0.2) is 0 Å². The van der Waals surface area contributed by atoms with Gasteiger partial charge in [0.25, 0.3) is 5.91 Å². The summed E-state index contributed by atoms with van der Waals surface area (Å²) < 4.78 is 69.2. The van der Waals surface area contributed by atoms with Crippen LogP contribution in [0.3, 0.4) is 0 Å². The molecule has 0 bridgehead atoms. The number of nitrogens with zero attached hydrogens (tertiary/aromatic N) is 3. The summed E-state index contributed by atoms with van der Waals surface area (Å²) in [5.41, 5.74) is -0.327. The van der Waals surface area contributed by atoms with Crippen molar-refractivity contribution in [2.45, 2.75) is 30.0 Å². The third-order valence-electron chi connectivity index (χ3n) is 5.97. The lowest BCUT2D eigenvalue weighted by molar-refractivity contribution is -0.137. The van der Waals surface area contributed by atoms with E-state index in [1.807, 2.05) is 18.2 Å². The van der Waals surface area contributed by atoms with Gasteiger partial charge < -0.3 is 5.32 Å². The molecule has 12 heteroatoms. The molecule has 1 aromatic heterocycles. The lowest BCUT2D eigenvalue weighted by Gasteiger charge is -2.21. The molecule has 35 heavy (non-hydrogen) atoms. The predicted molar refractivity (Wildman–Crippen MR) is 124 cm³/mol. The van der Waals surface area contributed by atoms with E-state index in [0.717, 1.165) is 17.7 Å². The Kier molecular flexibility index (Phi) is 6.69. The molecule has 0 aliphatic carbocycles. The molecule has 186 valence electrons. The van der Waals surface area contributed by atoms with E-state index >= 15 is 0 Å². The zero-order valence-corrected chi connectivity index (χ0v) is 20.3. The Morgan fingerprint density at radius 1 is 1.11 bits per heavy atom. The molecule has 4 rings (SSSR count). The topological polar surface area (TPSA) is 84.3 Å². The highest BCUT2D eigenvalue weighted by Crippen LogP contribution is 2.37. The summed E-state index contributed by atoms with van der Waals surface area (Å²) >= 11 is 5.93. The number of halogens is 4. The van der Waals surface area contributed by atoms with Crippen molar-refractivity contribution in [2.24, 2.45) is 7.05 Å². The molecule has 0 spiro atoms. The van der Waals surface area contributed by atoms with Crippen molar-refractivity contribution >= 4 is 27.5 Å².